The minimum Gasteiger partial charge on any atom is -0.462 e. The first kappa shape index (κ1) is 16.0. The fraction of sp³-hybridized carbons (Fsp3) is 0.200. The summed E-state index contributed by atoms with van der Waals surface area (Å²) in [6, 6.07) is 12.8. The van der Waals surface area contributed by atoms with Gasteiger partial charge in [0.2, 0.25) is 0 Å². The van der Waals surface area contributed by atoms with E-state index in [0.717, 1.165) is 16.9 Å². The quantitative estimate of drug-likeness (QED) is 0.691. The lowest BCUT2D eigenvalue weighted by molar-refractivity contribution is 0.0525. The topological polar surface area (TPSA) is 48.3 Å². The van der Waals surface area contributed by atoms with Gasteiger partial charge in [0.25, 0.3) is 0 Å². The van der Waals surface area contributed by atoms with Crippen LogP contribution in [0.4, 0.5) is 0 Å². The van der Waals surface area contributed by atoms with E-state index in [2.05, 4.69) is 0 Å². The molecular formula is C20H19NO3. The van der Waals surface area contributed by atoms with Crippen molar-refractivity contribution < 1.29 is 9.53 Å². The van der Waals surface area contributed by atoms with Crippen molar-refractivity contribution >= 4 is 5.97 Å². The van der Waals surface area contributed by atoms with Crippen molar-refractivity contribution in [3.63, 3.8) is 0 Å². The lowest BCUT2D eigenvalue weighted by atomic mass is 9.97. The van der Waals surface area contributed by atoms with Crippen LogP contribution in [-0.4, -0.2) is 17.1 Å². The van der Waals surface area contributed by atoms with Gasteiger partial charge < -0.3 is 9.30 Å². The molecule has 2 aliphatic rings. The van der Waals surface area contributed by atoms with Crippen LogP contribution >= 0.6 is 0 Å². The van der Waals surface area contributed by atoms with Crippen LogP contribution < -0.4 is 5.43 Å². The van der Waals surface area contributed by atoms with Gasteiger partial charge in [0, 0.05) is 23.1 Å². The van der Waals surface area contributed by atoms with Crippen LogP contribution in [0.1, 0.15) is 28.5 Å². The minimum absolute atomic E-state index is 0.125. The van der Waals surface area contributed by atoms with E-state index in [-0.39, 0.29) is 12.0 Å². The fourth-order valence-electron chi connectivity index (χ4n) is 2.85. The number of carbonyl (C=O) groups is 1. The summed E-state index contributed by atoms with van der Waals surface area (Å²) in [4.78, 5) is 24.3. The van der Waals surface area contributed by atoms with Crippen molar-refractivity contribution in [2.45, 2.75) is 20.8 Å². The fourth-order valence-corrected chi connectivity index (χ4v) is 2.85. The molecule has 3 rings (SSSR count). The lowest BCUT2D eigenvalue weighted by Crippen LogP contribution is -2.16. The van der Waals surface area contributed by atoms with Crippen LogP contribution in [-0.2, 0) is 4.74 Å². The van der Waals surface area contributed by atoms with Crippen LogP contribution in [0.15, 0.2) is 53.5 Å². The Labute approximate surface area is 140 Å². The third-order valence-electron chi connectivity index (χ3n) is 4.08. The molecule has 1 aromatic carbocycles. The zero-order chi connectivity index (χ0) is 17.3. The standard InChI is InChI=1S/C20H19NO3/c1-4-24-20(23)19-14(3)21(16-8-5-13(2)6-9-16)12-15-7-10-17(22)11-18(15)19/h5-12H,4H2,1-3H3. The molecule has 1 aliphatic carbocycles. The molecule has 0 spiro atoms. The minimum atomic E-state index is -0.410. The number of carbonyl (C=O) groups excluding carboxylic acids is 1. The number of aromatic nitrogens is 1. The van der Waals surface area contributed by atoms with Gasteiger partial charge >= 0.3 is 5.97 Å². The summed E-state index contributed by atoms with van der Waals surface area (Å²) < 4.78 is 7.17. The average Bonchev–Trinajstić information content (AvgIpc) is 2.55. The average molecular weight is 321 g/mol. The van der Waals surface area contributed by atoms with Crippen molar-refractivity contribution in [2.24, 2.45) is 0 Å². The van der Waals surface area contributed by atoms with Crippen molar-refractivity contribution in [2.75, 3.05) is 6.61 Å². The smallest absolute Gasteiger partial charge is 0.340 e. The van der Waals surface area contributed by atoms with Crippen molar-refractivity contribution in [3.8, 4) is 16.8 Å². The number of hydrogen-bond acceptors (Lipinski definition) is 3. The summed E-state index contributed by atoms with van der Waals surface area (Å²) in [6.07, 6.45) is 1.94. The molecule has 1 heterocycles. The summed E-state index contributed by atoms with van der Waals surface area (Å²) in [5.41, 5.74) is 4.63. The molecule has 0 saturated heterocycles. The first-order valence-corrected chi connectivity index (χ1v) is 7.91. The molecule has 4 heteroatoms. The Morgan fingerprint density at radius 2 is 1.79 bits per heavy atom. The second-order valence-electron chi connectivity index (χ2n) is 5.76. The third kappa shape index (κ3) is 2.83. The molecule has 0 radical (unpaired) electrons. The number of benzene rings is 2. The molecular weight excluding hydrogens is 302 g/mol. The second-order valence-corrected chi connectivity index (χ2v) is 5.76. The molecule has 0 atom stereocenters. The number of hydrogen-bond donors (Lipinski definition) is 0. The third-order valence-corrected chi connectivity index (χ3v) is 4.08. The molecule has 0 N–H and O–H groups in total. The molecule has 0 unspecified atom stereocenters. The van der Waals surface area contributed by atoms with E-state index < -0.39 is 5.97 Å². The highest BCUT2D eigenvalue weighted by atomic mass is 16.5. The van der Waals surface area contributed by atoms with E-state index in [9.17, 15) is 9.59 Å². The van der Waals surface area contributed by atoms with E-state index in [1.165, 1.54) is 17.7 Å². The summed E-state index contributed by atoms with van der Waals surface area (Å²) in [5.74, 6) is -0.410. The monoisotopic (exact) mass is 321 g/mol. The van der Waals surface area contributed by atoms with Crippen LogP contribution in [0.5, 0.6) is 0 Å². The van der Waals surface area contributed by atoms with Gasteiger partial charge in [-0.3, -0.25) is 4.79 Å². The molecule has 122 valence electrons. The normalized spacial score (nSPS) is 10.8. The molecule has 0 saturated carbocycles. The van der Waals surface area contributed by atoms with E-state index in [4.69, 9.17) is 4.74 Å². The van der Waals surface area contributed by atoms with E-state index in [1.54, 1.807) is 13.0 Å². The number of rotatable bonds is 3. The lowest BCUT2D eigenvalue weighted by Gasteiger charge is -2.20. The predicted octanol–water partition coefficient (Wildman–Crippen LogP) is 3.74. The first-order chi connectivity index (χ1) is 11.5. The van der Waals surface area contributed by atoms with Gasteiger partial charge in [-0.15, -0.1) is 0 Å². The number of nitrogens with zero attached hydrogens (tertiary/aromatic N) is 1. The zero-order valence-corrected chi connectivity index (χ0v) is 14.0. The highest BCUT2D eigenvalue weighted by Crippen LogP contribution is 2.30. The van der Waals surface area contributed by atoms with Crippen LogP contribution in [0.25, 0.3) is 16.8 Å². The van der Waals surface area contributed by atoms with Crippen molar-refractivity contribution in [3.05, 3.63) is 75.7 Å². The summed E-state index contributed by atoms with van der Waals surface area (Å²) in [7, 11) is 0. The van der Waals surface area contributed by atoms with E-state index >= 15 is 0 Å². The second kappa shape index (κ2) is 6.32. The predicted molar refractivity (Wildman–Crippen MR) is 94.1 cm³/mol. The van der Waals surface area contributed by atoms with Crippen molar-refractivity contribution in [1.29, 1.82) is 0 Å². The summed E-state index contributed by atoms with van der Waals surface area (Å²) in [6.45, 7) is 5.95. The molecule has 1 aliphatic heterocycles. The molecule has 1 aromatic rings. The summed E-state index contributed by atoms with van der Waals surface area (Å²) in [5, 5.41) is 0. The Morgan fingerprint density at radius 3 is 2.46 bits per heavy atom. The molecule has 0 aromatic heterocycles. The molecule has 0 amide bonds. The Morgan fingerprint density at radius 1 is 1.08 bits per heavy atom. The summed E-state index contributed by atoms with van der Waals surface area (Å²) >= 11 is 0. The Hall–Kier alpha value is -2.88. The van der Waals surface area contributed by atoms with Gasteiger partial charge in [0.15, 0.2) is 5.43 Å². The molecule has 0 fully saturated rings. The number of aryl methyl sites for hydroxylation is 1. The highest BCUT2D eigenvalue weighted by Gasteiger charge is 2.21. The largest absolute Gasteiger partial charge is 0.462 e. The van der Waals surface area contributed by atoms with Gasteiger partial charge in [-0.1, -0.05) is 17.7 Å². The number of pyridine rings is 1. The molecule has 0 bridgehead atoms. The molecule has 24 heavy (non-hydrogen) atoms. The molecule has 4 nitrogen and oxygen atoms in total. The highest BCUT2D eigenvalue weighted by molar-refractivity contribution is 5.99. The number of ether oxygens (including phenoxy) is 1. The maximum Gasteiger partial charge on any atom is 0.340 e. The first-order valence-electron chi connectivity index (χ1n) is 7.91. The van der Waals surface area contributed by atoms with E-state index in [1.807, 2.05) is 48.9 Å². The maximum absolute atomic E-state index is 12.5. The van der Waals surface area contributed by atoms with Gasteiger partial charge in [-0.2, -0.15) is 0 Å². The van der Waals surface area contributed by atoms with Crippen LogP contribution in [0.3, 0.4) is 0 Å². The zero-order valence-electron chi connectivity index (χ0n) is 14.0. The number of esters is 1. The Kier molecular flexibility index (Phi) is 4.21. The van der Waals surface area contributed by atoms with Gasteiger partial charge in [0.1, 0.15) is 0 Å². The van der Waals surface area contributed by atoms with E-state index in [0.29, 0.717) is 11.1 Å². The van der Waals surface area contributed by atoms with Crippen LogP contribution in [0.2, 0.25) is 0 Å². The van der Waals surface area contributed by atoms with Gasteiger partial charge in [-0.05, 0) is 56.7 Å². The van der Waals surface area contributed by atoms with Crippen LogP contribution in [0, 0.1) is 13.8 Å². The van der Waals surface area contributed by atoms with Gasteiger partial charge in [-0.25, -0.2) is 4.79 Å². The number of fused-ring (bicyclic) bond motifs is 1. The SMILES string of the molecule is CCOC(=O)c1c2cc(=O)ccc-2cn(-c2ccc(C)cc2)c1C. The van der Waals surface area contributed by atoms with Crippen molar-refractivity contribution in [1.82, 2.24) is 4.57 Å². The maximum atomic E-state index is 12.5. The Bertz CT molecular complexity index is 923. The Balaban J connectivity index is 2.32. The van der Waals surface area contributed by atoms with Gasteiger partial charge in [0.05, 0.1) is 12.2 Å².